The number of anilines is 1. The van der Waals surface area contributed by atoms with Crippen LogP contribution in [-0.2, 0) is 6.54 Å². The maximum atomic E-state index is 6.22. The van der Waals surface area contributed by atoms with E-state index in [2.05, 4.69) is 29.0 Å². The molecule has 0 bridgehead atoms. The van der Waals surface area contributed by atoms with Crippen molar-refractivity contribution in [3.63, 3.8) is 0 Å². The average Bonchev–Trinajstić information content (AvgIpc) is 3.14. The Morgan fingerprint density at radius 2 is 1.92 bits per heavy atom. The Balaban J connectivity index is 2.04. The Bertz CT molecular complexity index is 686. The van der Waals surface area contributed by atoms with Gasteiger partial charge in [0.1, 0.15) is 5.76 Å². The van der Waals surface area contributed by atoms with E-state index in [1.165, 1.54) is 0 Å². The molecule has 0 spiro atoms. The number of hydrogen-bond donors (Lipinski definition) is 1. The molecule has 0 saturated carbocycles. The van der Waals surface area contributed by atoms with Gasteiger partial charge in [0.2, 0.25) is 0 Å². The van der Waals surface area contributed by atoms with Crippen LogP contribution in [0.15, 0.2) is 41.0 Å². The van der Waals surface area contributed by atoms with Crippen LogP contribution in [0.1, 0.15) is 31.6 Å². The first-order chi connectivity index (χ1) is 12.5. The third kappa shape index (κ3) is 6.01. The molecule has 0 aliphatic heterocycles. The van der Waals surface area contributed by atoms with E-state index in [4.69, 9.17) is 28.2 Å². The average molecular weight is 394 g/mol. The van der Waals surface area contributed by atoms with Gasteiger partial charge in [-0.15, -0.1) is 0 Å². The molecule has 26 heavy (non-hydrogen) atoms. The number of nitrogens with one attached hydrogen (secondary N) is 1. The van der Waals surface area contributed by atoms with Crippen molar-refractivity contribution in [2.75, 3.05) is 31.5 Å². The number of rotatable bonds is 9. The Labute approximate surface area is 167 Å². The van der Waals surface area contributed by atoms with Crippen molar-refractivity contribution >= 4 is 34.6 Å². The fourth-order valence-corrected chi connectivity index (χ4v) is 3.25. The molecule has 0 fully saturated rings. The van der Waals surface area contributed by atoms with Gasteiger partial charge in [0.25, 0.3) is 0 Å². The quantitative estimate of drug-likeness (QED) is 0.594. The molecule has 142 valence electrons. The predicted molar refractivity (Wildman–Crippen MR) is 114 cm³/mol. The van der Waals surface area contributed by atoms with E-state index in [9.17, 15) is 0 Å². The normalized spacial score (nSPS) is 11.0. The summed E-state index contributed by atoms with van der Waals surface area (Å²) in [5, 5.41) is 4.77. The van der Waals surface area contributed by atoms with Gasteiger partial charge in [-0.25, -0.2) is 0 Å². The molecule has 1 aromatic heterocycles. The highest BCUT2D eigenvalue weighted by molar-refractivity contribution is 7.80. The smallest absolute Gasteiger partial charge is 0.173 e. The third-order valence-corrected chi connectivity index (χ3v) is 5.29. The Kier molecular flexibility index (Phi) is 8.42. The second-order valence-electron chi connectivity index (χ2n) is 6.22. The standard InChI is InChI=1S/C20H28ClN3OS/c1-4-23(5-2)12-8-13-24(15-17-9-7-14-25-17)20(26)22-19-11-6-10-18(21)16(19)3/h6-7,9-11,14H,4-5,8,12-13,15H2,1-3H3,(H,22,26). The van der Waals surface area contributed by atoms with Gasteiger partial charge in [-0.2, -0.15) is 0 Å². The molecule has 6 heteroatoms. The van der Waals surface area contributed by atoms with Crippen LogP contribution in [0.3, 0.4) is 0 Å². The van der Waals surface area contributed by atoms with Crippen molar-refractivity contribution in [1.82, 2.24) is 9.80 Å². The number of halogens is 1. The van der Waals surface area contributed by atoms with E-state index < -0.39 is 0 Å². The number of benzene rings is 1. The largest absolute Gasteiger partial charge is 0.467 e. The first-order valence-electron chi connectivity index (χ1n) is 9.10. The van der Waals surface area contributed by atoms with Gasteiger partial charge in [0.05, 0.1) is 12.8 Å². The van der Waals surface area contributed by atoms with Gasteiger partial charge in [-0.1, -0.05) is 31.5 Å². The van der Waals surface area contributed by atoms with Crippen molar-refractivity contribution in [3.8, 4) is 0 Å². The first-order valence-corrected chi connectivity index (χ1v) is 9.89. The second kappa shape index (κ2) is 10.6. The molecule has 1 aromatic carbocycles. The maximum absolute atomic E-state index is 6.22. The molecular weight excluding hydrogens is 366 g/mol. The summed E-state index contributed by atoms with van der Waals surface area (Å²) in [5.41, 5.74) is 1.94. The summed E-state index contributed by atoms with van der Waals surface area (Å²) >= 11 is 11.9. The molecule has 0 unspecified atom stereocenters. The van der Waals surface area contributed by atoms with Crippen LogP contribution in [0.4, 0.5) is 5.69 Å². The topological polar surface area (TPSA) is 31.6 Å². The molecule has 1 heterocycles. The first kappa shape index (κ1) is 20.7. The van der Waals surface area contributed by atoms with Crippen molar-refractivity contribution < 1.29 is 4.42 Å². The lowest BCUT2D eigenvalue weighted by Crippen LogP contribution is -2.36. The van der Waals surface area contributed by atoms with Gasteiger partial charge < -0.3 is 19.5 Å². The number of hydrogen-bond acceptors (Lipinski definition) is 3. The summed E-state index contributed by atoms with van der Waals surface area (Å²) in [5.74, 6) is 0.903. The monoisotopic (exact) mass is 393 g/mol. The highest BCUT2D eigenvalue weighted by atomic mass is 35.5. The fraction of sp³-hybridized carbons (Fsp3) is 0.450. The molecule has 0 amide bonds. The van der Waals surface area contributed by atoms with Crippen molar-refractivity contribution in [1.29, 1.82) is 0 Å². The van der Waals surface area contributed by atoms with Crippen LogP contribution in [-0.4, -0.2) is 41.1 Å². The van der Waals surface area contributed by atoms with Crippen LogP contribution in [0.5, 0.6) is 0 Å². The summed E-state index contributed by atoms with van der Waals surface area (Å²) < 4.78 is 5.52. The minimum absolute atomic E-state index is 0.650. The summed E-state index contributed by atoms with van der Waals surface area (Å²) in [7, 11) is 0. The number of nitrogens with zero attached hydrogens (tertiary/aromatic N) is 2. The molecule has 0 radical (unpaired) electrons. The zero-order valence-electron chi connectivity index (χ0n) is 15.8. The lowest BCUT2D eigenvalue weighted by Gasteiger charge is -2.27. The molecule has 0 saturated heterocycles. The third-order valence-electron chi connectivity index (χ3n) is 4.52. The SMILES string of the molecule is CCN(CC)CCCN(Cc1ccco1)C(=S)Nc1cccc(Cl)c1C. The zero-order chi connectivity index (χ0) is 18.9. The van der Waals surface area contributed by atoms with E-state index in [1.54, 1.807) is 6.26 Å². The number of thiocarbonyl (C=S) groups is 1. The predicted octanol–water partition coefficient (Wildman–Crippen LogP) is 5.17. The van der Waals surface area contributed by atoms with E-state index in [0.717, 1.165) is 54.6 Å². The molecule has 2 rings (SSSR count). The fourth-order valence-electron chi connectivity index (χ4n) is 2.81. The van der Waals surface area contributed by atoms with Crippen LogP contribution in [0.25, 0.3) is 0 Å². The molecular formula is C20H28ClN3OS. The molecule has 0 aliphatic rings. The van der Waals surface area contributed by atoms with E-state index >= 15 is 0 Å². The lowest BCUT2D eigenvalue weighted by molar-refractivity contribution is 0.276. The van der Waals surface area contributed by atoms with Crippen LogP contribution in [0, 0.1) is 6.92 Å². The van der Waals surface area contributed by atoms with E-state index in [1.807, 2.05) is 37.3 Å². The van der Waals surface area contributed by atoms with Gasteiger partial charge in [0.15, 0.2) is 5.11 Å². The Morgan fingerprint density at radius 3 is 2.58 bits per heavy atom. The van der Waals surface area contributed by atoms with Gasteiger partial charge in [-0.05, 0) is 75.0 Å². The molecule has 0 aliphatic carbocycles. The van der Waals surface area contributed by atoms with Gasteiger partial charge >= 0.3 is 0 Å². The molecule has 2 aromatic rings. The van der Waals surface area contributed by atoms with Crippen molar-refractivity contribution in [3.05, 3.63) is 52.9 Å². The van der Waals surface area contributed by atoms with E-state index in [-0.39, 0.29) is 0 Å². The highest BCUT2D eigenvalue weighted by Crippen LogP contribution is 2.23. The minimum Gasteiger partial charge on any atom is -0.467 e. The molecule has 1 N–H and O–H groups in total. The summed E-state index contributed by atoms with van der Waals surface area (Å²) in [6, 6.07) is 9.69. The Morgan fingerprint density at radius 1 is 1.15 bits per heavy atom. The zero-order valence-corrected chi connectivity index (χ0v) is 17.4. The second-order valence-corrected chi connectivity index (χ2v) is 7.02. The van der Waals surface area contributed by atoms with Crippen molar-refractivity contribution in [2.45, 2.75) is 33.7 Å². The van der Waals surface area contributed by atoms with Gasteiger partial charge in [-0.3, -0.25) is 0 Å². The minimum atomic E-state index is 0.650. The molecule has 4 nitrogen and oxygen atoms in total. The van der Waals surface area contributed by atoms with Crippen LogP contribution < -0.4 is 5.32 Å². The lowest BCUT2D eigenvalue weighted by atomic mass is 10.2. The molecule has 0 atom stereocenters. The maximum Gasteiger partial charge on any atom is 0.173 e. The summed E-state index contributed by atoms with van der Waals surface area (Å²) in [6.45, 7) is 11.1. The number of furan rings is 1. The van der Waals surface area contributed by atoms with Crippen molar-refractivity contribution in [2.24, 2.45) is 0 Å². The highest BCUT2D eigenvalue weighted by Gasteiger charge is 2.14. The van der Waals surface area contributed by atoms with E-state index in [0.29, 0.717) is 11.7 Å². The van der Waals surface area contributed by atoms with Crippen LogP contribution in [0.2, 0.25) is 5.02 Å². The van der Waals surface area contributed by atoms with Crippen LogP contribution >= 0.6 is 23.8 Å². The Hall–Kier alpha value is -1.56. The summed E-state index contributed by atoms with van der Waals surface area (Å²) in [6.07, 6.45) is 2.74. The van der Waals surface area contributed by atoms with Gasteiger partial charge in [0, 0.05) is 17.3 Å². The summed E-state index contributed by atoms with van der Waals surface area (Å²) in [4.78, 5) is 4.57.